The van der Waals surface area contributed by atoms with Crippen molar-refractivity contribution in [3.63, 3.8) is 0 Å². The van der Waals surface area contributed by atoms with Gasteiger partial charge in [0, 0.05) is 11.1 Å². The average molecular weight is 211 g/mol. The van der Waals surface area contributed by atoms with E-state index in [0.717, 1.165) is 16.6 Å². The molecule has 1 amide bonds. The zero-order chi connectivity index (χ0) is 11.5. The van der Waals surface area contributed by atoms with Gasteiger partial charge in [0.05, 0.1) is 11.1 Å². The summed E-state index contributed by atoms with van der Waals surface area (Å²) in [5.74, 6) is -0.399. The largest absolute Gasteiger partial charge is 0.268 e. The molecule has 78 valence electrons. The number of para-hydroxylation sites is 1. The first-order valence-corrected chi connectivity index (χ1v) is 4.78. The summed E-state index contributed by atoms with van der Waals surface area (Å²) >= 11 is 0. The van der Waals surface area contributed by atoms with Crippen LogP contribution in [0.1, 0.15) is 16.1 Å². The van der Waals surface area contributed by atoms with Crippen molar-refractivity contribution >= 4 is 16.8 Å². The zero-order valence-corrected chi connectivity index (χ0v) is 8.69. The van der Waals surface area contributed by atoms with Crippen molar-refractivity contribution in [3.8, 4) is 6.19 Å². The minimum Gasteiger partial charge on any atom is -0.268 e. The fourth-order valence-corrected chi connectivity index (χ4v) is 1.61. The fraction of sp³-hybridized carbons (Fsp3) is 0.0833. The molecule has 0 unspecified atom stereocenters. The van der Waals surface area contributed by atoms with Crippen LogP contribution >= 0.6 is 0 Å². The van der Waals surface area contributed by atoms with Crippen molar-refractivity contribution in [2.24, 2.45) is 0 Å². The predicted octanol–water partition coefficient (Wildman–Crippen LogP) is 1.75. The highest BCUT2D eigenvalue weighted by Crippen LogP contribution is 2.17. The Hall–Kier alpha value is -2.41. The number of aromatic nitrogens is 1. The maximum Gasteiger partial charge on any atom is 0.265 e. The van der Waals surface area contributed by atoms with E-state index in [9.17, 15) is 4.79 Å². The van der Waals surface area contributed by atoms with Gasteiger partial charge in [-0.15, -0.1) is 0 Å². The molecule has 1 aromatic carbocycles. The van der Waals surface area contributed by atoms with Gasteiger partial charge >= 0.3 is 0 Å². The minimum absolute atomic E-state index is 0.399. The third kappa shape index (κ3) is 1.71. The standard InChI is InChI=1S/C12H9N3O/c1-8-6-10(12(16)14-7-13)9-4-2-3-5-11(9)15-8/h2-6H,1H3,(H,14,16). The number of amides is 1. The lowest BCUT2D eigenvalue weighted by molar-refractivity contribution is 0.0974. The van der Waals surface area contributed by atoms with E-state index in [0.29, 0.717) is 5.56 Å². The molecule has 0 bridgehead atoms. The van der Waals surface area contributed by atoms with Crippen LogP contribution in [0.2, 0.25) is 0 Å². The summed E-state index contributed by atoms with van der Waals surface area (Å²) < 4.78 is 0. The number of benzene rings is 1. The highest BCUT2D eigenvalue weighted by atomic mass is 16.1. The van der Waals surface area contributed by atoms with E-state index in [2.05, 4.69) is 10.3 Å². The Morgan fingerprint density at radius 1 is 1.44 bits per heavy atom. The van der Waals surface area contributed by atoms with E-state index >= 15 is 0 Å². The topological polar surface area (TPSA) is 65.8 Å². The Balaban J connectivity index is 2.68. The van der Waals surface area contributed by atoms with Crippen LogP contribution in [-0.4, -0.2) is 10.9 Å². The molecule has 1 aromatic heterocycles. The van der Waals surface area contributed by atoms with Crippen molar-refractivity contribution in [1.29, 1.82) is 5.26 Å². The summed E-state index contributed by atoms with van der Waals surface area (Å²) in [7, 11) is 0. The minimum atomic E-state index is -0.399. The lowest BCUT2D eigenvalue weighted by atomic mass is 10.1. The first-order chi connectivity index (χ1) is 7.72. The second-order valence-corrected chi connectivity index (χ2v) is 3.39. The third-order valence-electron chi connectivity index (χ3n) is 2.26. The molecule has 0 fully saturated rings. The maximum atomic E-state index is 11.6. The summed E-state index contributed by atoms with van der Waals surface area (Å²) in [5, 5.41) is 11.3. The Morgan fingerprint density at radius 2 is 2.19 bits per heavy atom. The highest BCUT2D eigenvalue weighted by Gasteiger charge is 2.10. The molecule has 0 radical (unpaired) electrons. The van der Waals surface area contributed by atoms with E-state index in [-0.39, 0.29) is 0 Å². The molecule has 2 rings (SSSR count). The molecular weight excluding hydrogens is 202 g/mol. The number of nitrogens with one attached hydrogen (secondary N) is 1. The molecule has 16 heavy (non-hydrogen) atoms. The van der Waals surface area contributed by atoms with E-state index in [1.54, 1.807) is 12.3 Å². The summed E-state index contributed by atoms with van der Waals surface area (Å²) in [5.41, 5.74) is 1.98. The number of hydrogen-bond donors (Lipinski definition) is 1. The number of nitriles is 1. The van der Waals surface area contributed by atoms with Gasteiger partial charge in [-0.3, -0.25) is 15.1 Å². The summed E-state index contributed by atoms with van der Waals surface area (Å²) in [6, 6.07) is 9.03. The van der Waals surface area contributed by atoms with Gasteiger partial charge in [-0.2, -0.15) is 5.26 Å². The number of hydrogen-bond acceptors (Lipinski definition) is 3. The SMILES string of the molecule is Cc1cc(C(=O)NC#N)c2ccccc2n1. The second-order valence-electron chi connectivity index (χ2n) is 3.39. The van der Waals surface area contributed by atoms with Crippen LogP contribution in [0.5, 0.6) is 0 Å². The van der Waals surface area contributed by atoms with Gasteiger partial charge in [0.25, 0.3) is 5.91 Å². The molecule has 0 aliphatic carbocycles. The third-order valence-corrected chi connectivity index (χ3v) is 2.26. The molecule has 4 heteroatoms. The molecule has 0 aliphatic rings. The molecule has 4 nitrogen and oxygen atoms in total. The summed E-state index contributed by atoms with van der Waals surface area (Å²) in [4.78, 5) is 16.0. The van der Waals surface area contributed by atoms with E-state index in [1.807, 2.05) is 31.2 Å². The number of aryl methyl sites for hydroxylation is 1. The van der Waals surface area contributed by atoms with Crippen molar-refractivity contribution < 1.29 is 4.79 Å². The first kappa shape index (κ1) is 10.1. The smallest absolute Gasteiger partial charge is 0.265 e. The molecule has 2 aromatic rings. The van der Waals surface area contributed by atoms with E-state index < -0.39 is 5.91 Å². The molecule has 0 saturated heterocycles. The van der Waals surface area contributed by atoms with Crippen molar-refractivity contribution in [3.05, 3.63) is 41.6 Å². The quantitative estimate of drug-likeness (QED) is 0.577. The Bertz CT molecular complexity index is 599. The molecule has 1 heterocycles. The normalized spacial score (nSPS) is 9.75. The number of rotatable bonds is 1. The van der Waals surface area contributed by atoms with Gasteiger partial charge in [-0.25, -0.2) is 0 Å². The molecular formula is C12H9N3O. The van der Waals surface area contributed by atoms with Crippen LogP contribution in [0.15, 0.2) is 30.3 Å². The highest BCUT2D eigenvalue weighted by molar-refractivity contribution is 6.06. The van der Waals surface area contributed by atoms with Crippen LogP contribution < -0.4 is 5.32 Å². The Morgan fingerprint density at radius 3 is 2.94 bits per heavy atom. The van der Waals surface area contributed by atoms with Crippen LogP contribution in [0.25, 0.3) is 10.9 Å². The van der Waals surface area contributed by atoms with Crippen molar-refractivity contribution in [2.75, 3.05) is 0 Å². The number of pyridine rings is 1. The molecule has 1 N–H and O–H groups in total. The maximum absolute atomic E-state index is 11.6. The van der Waals surface area contributed by atoms with Crippen LogP contribution in [0.4, 0.5) is 0 Å². The second kappa shape index (κ2) is 3.99. The monoisotopic (exact) mass is 211 g/mol. The average Bonchev–Trinajstić information content (AvgIpc) is 2.28. The Labute approximate surface area is 92.5 Å². The van der Waals surface area contributed by atoms with Crippen LogP contribution in [0.3, 0.4) is 0 Å². The number of fused-ring (bicyclic) bond motifs is 1. The number of carbonyl (C=O) groups excluding carboxylic acids is 1. The summed E-state index contributed by atoms with van der Waals surface area (Å²) in [6.45, 7) is 1.82. The van der Waals surface area contributed by atoms with Gasteiger partial charge in [0.1, 0.15) is 0 Å². The van der Waals surface area contributed by atoms with E-state index in [1.165, 1.54) is 0 Å². The molecule has 0 atom stereocenters. The Kier molecular flexibility index (Phi) is 2.52. The van der Waals surface area contributed by atoms with E-state index in [4.69, 9.17) is 5.26 Å². The van der Waals surface area contributed by atoms with Crippen molar-refractivity contribution in [2.45, 2.75) is 6.92 Å². The van der Waals surface area contributed by atoms with Gasteiger partial charge in [0.15, 0.2) is 6.19 Å². The fourth-order valence-electron chi connectivity index (χ4n) is 1.61. The van der Waals surface area contributed by atoms with Gasteiger partial charge in [-0.05, 0) is 19.1 Å². The molecule has 0 spiro atoms. The van der Waals surface area contributed by atoms with Gasteiger partial charge in [-0.1, -0.05) is 18.2 Å². The van der Waals surface area contributed by atoms with Crippen LogP contribution in [-0.2, 0) is 0 Å². The first-order valence-electron chi connectivity index (χ1n) is 4.78. The predicted molar refractivity (Wildman–Crippen MR) is 59.6 cm³/mol. The van der Waals surface area contributed by atoms with Crippen LogP contribution in [0, 0.1) is 18.4 Å². The molecule has 0 aliphatic heterocycles. The summed E-state index contributed by atoms with van der Waals surface area (Å²) in [6.07, 6.45) is 1.63. The zero-order valence-electron chi connectivity index (χ0n) is 8.69. The number of nitrogens with zero attached hydrogens (tertiary/aromatic N) is 2. The number of carbonyl (C=O) groups is 1. The van der Waals surface area contributed by atoms with Crippen molar-refractivity contribution in [1.82, 2.24) is 10.3 Å². The lowest BCUT2D eigenvalue weighted by Crippen LogP contribution is -2.18. The molecule has 0 saturated carbocycles. The van der Waals surface area contributed by atoms with Gasteiger partial charge in [0.2, 0.25) is 0 Å². The lowest BCUT2D eigenvalue weighted by Gasteiger charge is -2.05. The van der Waals surface area contributed by atoms with Gasteiger partial charge < -0.3 is 0 Å².